The van der Waals surface area contributed by atoms with Gasteiger partial charge in [0.2, 0.25) is 5.43 Å². The number of halogens is 1. The van der Waals surface area contributed by atoms with Crippen molar-refractivity contribution in [3.8, 4) is 22.5 Å². The van der Waals surface area contributed by atoms with Gasteiger partial charge in [-0.15, -0.1) is 0 Å². The summed E-state index contributed by atoms with van der Waals surface area (Å²) in [5.74, 6) is -0.854. The Morgan fingerprint density at radius 3 is 2.29 bits per heavy atom. The summed E-state index contributed by atoms with van der Waals surface area (Å²) in [7, 11) is 0. The van der Waals surface area contributed by atoms with Crippen molar-refractivity contribution in [1.82, 2.24) is 10.4 Å². The molecule has 5 rings (SSSR count). The Morgan fingerprint density at radius 2 is 1.54 bits per heavy atom. The van der Waals surface area contributed by atoms with E-state index in [-0.39, 0.29) is 16.8 Å². The second-order valence-electron chi connectivity index (χ2n) is 7.71. The molecule has 0 aliphatic rings. The fourth-order valence-electron chi connectivity index (χ4n) is 3.59. The third-order valence-electron chi connectivity index (χ3n) is 5.37. The minimum absolute atomic E-state index is 0.204. The highest BCUT2D eigenvalue weighted by atomic mass is 19.1. The summed E-state index contributed by atoms with van der Waals surface area (Å²) in [6, 6.07) is 25.4. The van der Waals surface area contributed by atoms with Crippen LogP contribution in [0.25, 0.3) is 33.5 Å². The molecule has 6 nitrogen and oxygen atoms in total. The average Bonchev–Trinajstić information content (AvgIpc) is 2.90. The summed E-state index contributed by atoms with van der Waals surface area (Å²) >= 11 is 0. The highest BCUT2D eigenvalue weighted by molar-refractivity contribution is 5.97. The van der Waals surface area contributed by atoms with Gasteiger partial charge in [0.25, 0.3) is 5.91 Å². The molecule has 0 unspecified atom stereocenters. The number of nitrogens with zero attached hydrogens (tertiary/aromatic N) is 2. The number of aromatic nitrogens is 1. The predicted molar refractivity (Wildman–Crippen MR) is 133 cm³/mol. The summed E-state index contributed by atoms with van der Waals surface area (Å²) < 4.78 is 18.9. The van der Waals surface area contributed by atoms with Crippen LogP contribution in [0.3, 0.4) is 0 Å². The van der Waals surface area contributed by atoms with Crippen molar-refractivity contribution in [3.63, 3.8) is 0 Å². The lowest BCUT2D eigenvalue weighted by atomic mass is 10.0. The topological polar surface area (TPSA) is 84.6 Å². The van der Waals surface area contributed by atoms with Gasteiger partial charge in [0.1, 0.15) is 17.7 Å². The van der Waals surface area contributed by atoms with Crippen LogP contribution >= 0.6 is 0 Å². The SMILES string of the molecule is O=C(N/N=C/c1coc2ccccc2c1=O)c1cc(-c2ccccc2)nc(-c2ccc(F)cc2)c1. The van der Waals surface area contributed by atoms with Crippen LogP contribution < -0.4 is 10.9 Å². The second kappa shape index (κ2) is 9.52. The molecule has 0 saturated heterocycles. The van der Waals surface area contributed by atoms with Crippen LogP contribution in [0.1, 0.15) is 15.9 Å². The number of hydrogen-bond donors (Lipinski definition) is 1. The van der Waals surface area contributed by atoms with Gasteiger partial charge in [-0.25, -0.2) is 14.8 Å². The molecule has 35 heavy (non-hydrogen) atoms. The summed E-state index contributed by atoms with van der Waals surface area (Å²) in [5, 5.41) is 4.37. The zero-order chi connectivity index (χ0) is 24.2. The fourth-order valence-corrected chi connectivity index (χ4v) is 3.59. The number of benzene rings is 3. The normalized spacial score (nSPS) is 11.1. The van der Waals surface area contributed by atoms with Crippen molar-refractivity contribution >= 4 is 23.1 Å². The van der Waals surface area contributed by atoms with E-state index in [4.69, 9.17) is 4.42 Å². The fraction of sp³-hybridized carbons (Fsp3) is 0. The zero-order valence-electron chi connectivity index (χ0n) is 18.3. The first kappa shape index (κ1) is 21.9. The Morgan fingerprint density at radius 1 is 0.886 bits per heavy atom. The number of pyridine rings is 1. The molecule has 3 aromatic carbocycles. The van der Waals surface area contributed by atoms with Crippen molar-refractivity contribution in [3.05, 3.63) is 124 Å². The van der Waals surface area contributed by atoms with Crippen molar-refractivity contribution in [2.24, 2.45) is 5.10 Å². The van der Waals surface area contributed by atoms with Crippen LogP contribution in [0.5, 0.6) is 0 Å². The second-order valence-corrected chi connectivity index (χ2v) is 7.71. The first-order valence-electron chi connectivity index (χ1n) is 10.8. The average molecular weight is 463 g/mol. The van der Waals surface area contributed by atoms with Gasteiger partial charge in [-0.1, -0.05) is 42.5 Å². The zero-order valence-corrected chi connectivity index (χ0v) is 18.3. The molecule has 170 valence electrons. The van der Waals surface area contributed by atoms with Crippen molar-refractivity contribution in [1.29, 1.82) is 0 Å². The van der Waals surface area contributed by atoms with E-state index in [0.717, 1.165) is 5.56 Å². The van der Waals surface area contributed by atoms with Crippen LogP contribution in [0.15, 0.2) is 112 Å². The van der Waals surface area contributed by atoms with E-state index in [1.54, 1.807) is 48.5 Å². The molecule has 0 aliphatic carbocycles. The molecule has 0 aliphatic heterocycles. The predicted octanol–water partition coefficient (Wildman–Crippen LogP) is 5.43. The molecule has 1 amide bonds. The van der Waals surface area contributed by atoms with Crippen molar-refractivity contribution < 1.29 is 13.6 Å². The molecule has 0 fully saturated rings. The van der Waals surface area contributed by atoms with Gasteiger partial charge < -0.3 is 4.42 Å². The minimum Gasteiger partial charge on any atom is -0.463 e. The Balaban J connectivity index is 1.46. The lowest BCUT2D eigenvalue weighted by Crippen LogP contribution is -2.19. The number of rotatable bonds is 5. The largest absolute Gasteiger partial charge is 0.463 e. The summed E-state index contributed by atoms with van der Waals surface area (Å²) in [6.45, 7) is 0. The van der Waals surface area contributed by atoms with E-state index in [1.807, 2.05) is 30.3 Å². The van der Waals surface area contributed by atoms with Gasteiger partial charge in [0.05, 0.1) is 28.6 Å². The smallest absolute Gasteiger partial charge is 0.271 e. The third kappa shape index (κ3) is 4.74. The van der Waals surface area contributed by atoms with Gasteiger partial charge in [0, 0.05) is 16.7 Å². The molecule has 0 saturated carbocycles. The summed E-state index contributed by atoms with van der Waals surface area (Å²) in [6.07, 6.45) is 2.54. The van der Waals surface area contributed by atoms with Crippen LogP contribution in [0.2, 0.25) is 0 Å². The monoisotopic (exact) mass is 463 g/mol. The van der Waals surface area contributed by atoms with E-state index in [9.17, 15) is 14.0 Å². The van der Waals surface area contributed by atoms with Crippen LogP contribution in [-0.4, -0.2) is 17.1 Å². The molecule has 2 aromatic heterocycles. The molecule has 0 atom stereocenters. The first-order valence-corrected chi connectivity index (χ1v) is 10.8. The van der Waals surface area contributed by atoms with E-state index in [0.29, 0.717) is 33.5 Å². The maximum absolute atomic E-state index is 13.4. The highest BCUT2D eigenvalue weighted by Gasteiger charge is 2.13. The van der Waals surface area contributed by atoms with E-state index in [1.165, 1.54) is 24.6 Å². The number of fused-ring (bicyclic) bond motifs is 1. The number of para-hydroxylation sites is 1. The van der Waals surface area contributed by atoms with E-state index in [2.05, 4.69) is 15.5 Å². The van der Waals surface area contributed by atoms with Gasteiger partial charge in [-0.3, -0.25) is 9.59 Å². The van der Waals surface area contributed by atoms with Crippen molar-refractivity contribution in [2.75, 3.05) is 0 Å². The Labute approximate surface area is 199 Å². The molecular weight excluding hydrogens is 445 g/mol. The van der Waals surface area contributed by atoms with E-state index < -0.39 is 5.91 Å². The Kier molecular flexibility index (Phi) is 5.96. The number of carbonyl (C=O) groups is 1. The van der Waals surface area contributed by atoms with Crippen molar-refractivity contribution in [2.45, 2.75) is 0 Å². The number of hydrogen-bond acceptors (Lipinski definition) is 5. The summed E-state index contributed by atoms with van der Waals surface area (Å²) in [5.41, 5.74) is 5.76. The maximum Gasteiger partial charge on any atom is 0.271 e. The lowest BCUT2D eigenvalue weighted by Gasteiger charge is -2.09. The molecule has 0 spiro atoms. The lowest BCUT2D eigenvalue weighted by molar-refractivity contribution is 0.0955. The van der Waals surface area contributed by atoms with Crippen LogP contribution in [0, 0.1) is 5.82 Å². The summed E-state index contributed by atoms with van der Waals surface area (Å²) in [4.78, 5) is 30.2. The first-order chi connectivity index (χ1) is 17.1. The number of amides is 1. The van der Waals surface area contributed by atoms with Gasteiger partial charge in [0.15, 0.2) is 0 Å². The Hall–Kier alpha value is -4.91. The number of hydrazone groups is 1. The third-order valence-corrected chi connectivity index (χ3v) is 5.37. The molecule has 7 heteroatoms. The number of nitrogens with one attached hydrogen (secondary N) is 1. The van der Waals surface area contributed by atoms with Gasteiger partial charge in [-0.05, 0) is 48.5 Å². The molecule has 1 N–H and O–H groups in total. The minimum atomic E-state index is -0.491. The van der Waals surface area contributed by atoms with Crippen LogP contribution in [0.4, 0.5) is 4.39 Å². The van der Waals surface area contributed by atoms with Gasteiger partial charge in [-0.2, -0.15) is 5.10 Å². The number of carbonyl (C=O) groups excluding carboxylic acids is 1. The van der Waals surface area contributed by atoms with Gasteiger partial charge >= 0.3 is 0 Å². The van der Waals surface area contributed by atoms with Crippen LogP contribution in [-0.2, 0) is 0 Å². The molecule has 5 aromatic rings. The molecule has 0 radical (unpaired) electrons. The molecule has 0 bridgehead atoms. The maximum atomic E-state index is 13.4. The van der Waals surface area contributed by atoms with E-state index >= 15 is 0 Å². The Bertz CT molecular complexity index is 1610. The molecule has 2 heterocycles. The molecular formula is C28H18FN3O3. The quantitative estimate of drug-likeness (QED) is 0.278. The highest BCUT2D eigenvalue weighted by Crippen LogP contribution is 2.25. The standard InChI is InChI=1S/C28H18FN3O3/c29-22-12-10-19(11-13-22)25-15-20(14-24(31-25)18-6-2-1-3-7-18)28(34)32-30-16-21-17-35-26-9-5-4-8-23(26)27(21)33/h1-17H,(H,32,34)/b30-16+.